The molecule has 0 radical (unpaired) electrons. The van der Waals surface area contributed by atoms with Gasteiger partial charge in [0.2, 0.25) is 10.0 Å². The lowest BCUT2D eigenvalue weighted by Gasteiger charge is -2.34. The third-order valence-electron chi connectivity index (χ3n) is 7.08. The number of sulfonamides is 1. The normalized spacial score (nSPS) is 14.8. The highest BCUT2D eigenvalue weighted by molar-refractivity contribution is 7.89. The van der Waals surface area contributed by atoms with E-state index < -0.39 is 16.0 Å². The lowest BCUT2D eigenvalue weighted by atomic mass is 10.1. The van der Waals surface area contributed by atoms with E-state index >= 15 is 0 Å². The van der Waals surface area contributed by atoms with Crippen LogP contribution in [0.1, 0.15) is 28.5 Å². The summed E-state index contributed by atoms with van der Waals surface area (Å²) in [7, 11) is -4.06. The van der Waals surface area contributed by atoms with Crippen molar-refractivity contribution in [2.45, 2.75) is 25.3 Å². The van der Waals surface area contributed by atoms with Gasteiger partial charge in [0.15, 0.2) is 0 Å². The van der Waals surface area contributed by atoms with Crippen LogP contribution in [0.3, 0.4) is 0 Å². The molecule has 1 aromatic heterocycles. The van der Waals surface area contributed by atoms with E-state index in [-0.39, 0.29) is 17.1 Å². The average molecular weight is 544 g/mol. The molecule has 0 N–H and O–H groups in total. The van der Waals surface area contributed by atoms with Gasteiger partial charge in [-0.3, -0.25) is 4.90 Å². The van der Waals surface area contributed by atoms with E-state index in [9.17, 15) is 13.2 Å². The largest absolute Gasteiger partial charge is 0.462 e. The molecule has 0 atom stereocenters. The Morgan fingerprint density at radius 1 is 0.821 bits per heavy atom. The number of carbonyl (C=O) groups is 1. The van der Waals surface area contributed by atoms with Crippen molar-refractivity contribution in [1.82, 2.24) is 13.8 Å². The number of para-hydroxylation sites is 1. The highest BCUT2D eigenvalue weighted by atomic mass is 32.2. The number of esters is 1. The third-order valence-corrected chi connectivity index (χ3v) is 9.04. The molecule has 1 saturated heterocycles. The summed E-state index contributed by atoms with van der Waals surface area (Å²) in [6.07, 6.45) is 0. The van der Waals surface area contributed by atoms with Gasteiger partial charge in [-0.25, -0.2) is 13.2 Å². The molecule has 4 aromatic rings. The van der Waals surface area contributed by atoms with Gasteiger partial charge < -0.3 is 9.30 Å². The number of nitrogens with zero attached hydrogens (tertiary/aromatic N) is 3. The van der Waals surface area contributed by atoms with Crippen molar-refractivity contribution < 1.29 is 17.9 Å². The predicted molar refractivity (Wildman–Crippen MR) is 152 cm³/mol. The van der Waals surface area contributed by atoms with Crippen molar-refractivity contribution in [3.63, 3.8) is 0 Å². The summed E-state index contributed by atoms with van der Waals surface area (Å²) in [6, 6.07) is 29.1. The first kappa shape index (κ1) is 26.9. The van der Waals surface area contributed by atoms with Crippen LogP contribution in [0.5, 0.6) is 0 Å². The maximum Gasteiger partial charge on any atom is 0.341 e. The number of ether oxygens (including phenoxy) is 1. The zero-order chi connectivity index (χ0) is 27.4. The van der Waals surface area contributed by atoms with Crippen molar-refractivity contribution in [1.29, 1.82) is 0 Å². The molecular formula is C31H33N3O4S. The highest BCUT2D eigenvalue weighted by Gasteiger charge is 2.39. The van der Waals surface area contributed by atoms with Crippen LogP contribution in [0.15, 0.2) is 95.9 Å². The topological polar surface area (TPSA) is 71.8 Å². The number of piperazine rings is 1. The molecule has 7 nitrogen and oxygen atoms in total. The number of carbonyl (C=O) groups excluding carboxylic acids is 1. The summed E-state index contributed by atoms with van der Waals surface area (Å²) >= 11 is 0. The van der Waals surface area contributed by atoms with Gasteiger partial charge in [-0.15, -0.1) is 0 Å². The maximum absolute atomic E-state index is 14.5. The van der Waals surface area contributed by atoms with Crippen LogP contribution in [0.2, 0.25) is 0 Å². The molecule has 1 aliphatic heterocycles. The Kier molecular flexibility index (Phi) is 7.97. The quantitative estimate of drug-likeness (QED) is 0.288. The van der Waals surface area contributed by atoms with Crippen molar-refractivity contribution in [3.8, 4) is 16.9 Å². The second kappa shape index (κ2) is 11.6. The first-order valence-electron chi connectivity index (χ1n) is 13.2. The van der Waals surface area contributed by atoms with Crippen molar-refractivity contribution in [3.05, 3.63) is 108 Å². The van der Waals surface area contributed by atoms with Crippen LogP contribution >= 0.6 is 0 Å². The summed E-state index contributed by atoms with van der Waals surface area (Å²) < 4.78 is 37.7. The summed E-state index contributed by atoms with van der Waals surface area (Å²) in [5, 5.41) is 0. The number of hydrogen-bond donors (Lipinski definition) is 0. The SMILES string of the molecule is CCOC(=O)c1c(S(=O)(=O)N2CCN(Cc3ccccc3)CC2)c(-c2ccccc2)n(-c2ccccc2)c1C. The van der Waals surface area contributed by atoms with Crippen LogP contribution in [-0.4, -0.2) is 60.9 Å². The molecule has 5 rings (SSSR count). The lowest BCUT2D eigenvalue weighted by molar-refractivity contribution is 0.0521. The summed E-state index contributed by atoms with van der Waals surface area (Å²) in [6.45, 7) is 6.28. The Morgan fingerprint density at radius 3 is 1.97 bits per heavy atom. The lowest BCUT2D eigenvalue weighted by Crippen LogP contribution is -2.48. The smallest absolute Gasteiger partial charge is 0.341 e. The minimum atomic E-state index is -4.06. The van der Waals surface area contributed by atoms with Gasteiger partial charge in [-0.05, 0) is 37.1 Å². The third kappa shape index (κ3) is 5.41. The van der Waals surface area contributed by atoms with E-state index in [2.05, 4.69) is 17.0 Å². The fourth-order valence-electron chi connectivity index (χ4n) is 5.21. The fourth-order valence-corrected chi connectivity index (χ4v) is 7.06. The summed E-state index contributed by atoms with van der Waals surface area (Å²) in [4.78, 5) is 15.6. The molecule has 0 amide bonds. The second-order valence-electron chi connectivity index (χ2n) is 9.56. The van der Waals surface area contributed by atoms with Crippen molar-refractivity contribution >= 4 is 16.0 Å². The van der Waals surface area contributed by atoms with E-state index in [1.54, 1.807) is 13.8 Å². The van der Waals surface area contributed by atoms with Gasteiger partial charge in [0.25, 0.3) is 0 Å². The van der Waals surface area contributed by atoms with E-state index in [0.29, 0.717) is 43.1 Å². The Balaban J connectivity index is 1.61. The van der Waals surface area contributed by atoms with E-state index in [1.807, 2.05) is 83.4 Å². The zero-order valence-electron chi connectivity index (χ0n) is 22.3. The minimum absolute atomic E-state index is 0.00464. The van der Waals surface area contributed by atoms with Crippen LogP contribution < -0.4 is 0 Å². The van der Waals surface area contributed by atoms with Gasteiger partial charge in [-0.2, -0.15) is 4.31 Å². The number of benzene rings is 3. The maximum atomic E-state index is 14.5. The Labute approximate surface area is 230 Å². The van der Waals surface area contributed by atoms with E-state index in [0.717, 1.165) is 12.2 Å². The molecular weight excluding hydrogens is 510 g/mol. The fraction of sp³-hybridized carbons (Fsp3) is 0.258. The first-order chi connectivity index (χ1) is 18.9. The van der Waals surface area contributed by atoms with Crippen LogP contribution in [0.4, 0.5) is 0 Å². The van der Waals surface area contributed by atoms with Gasteiger partial charge >= 0.3 is 5.97 Å². The molecule has 0 unspecified atom stereocenters. The zero-order valence-corrected chi connectivity index (χ0v) is 23.1. The first-order valence-corrected chi connectivity index (χ1v) is 14.7. The van der Waals surface area contributed by atoms with Gasteiger partial charge in [-0.1, -0.05) is 78.9 Å². The minimum Gasteiger partial charge on any atom is -0.462 e. The molecule has 39 heavy (non-hydrogen) atoms. The second-order valence-corrected chi connectivity index (χ2v) is 11.4. The molecule has 202 valence electrons. The number of hydrogen-bond acceptors (Lipinski definition) is 5. The monoisotopic (exact) mass is 543 g/mol. The van der Waals surface area contributed by atoms with E-state index in [4.69, 9.17) is 4.74 Å². The van der Waals surface area contributed by atoms with Crippen LogP contribution in [0.25, 0.3) is 16.9 Å². The number of aromatic nitrogens is 1. The highest BCUT2D eigenvalue weighted by Crippen LogP contribution is 2.39. The Bertz CT molecular complexity index is 1530. The average Bonchev–Trinajstić information content (AvgIpc) is 3.28. The summed E-state index contributed by atoms with van der Waals surface area (Å²) in [5.41, 5.74) is 3.76. The standard InChI is InChI=1S/C31H33N3O4S/c1-3-38-31(35)28-24(2)34(27-17-11-6-12-18-27)29(26-15-9-5-10-16-26)30(28)39(36,37)33-21-19-32(20-22-33)23-25-13-7-4-8-14-25/h4-18H,3,19-23H2,1-2H3. The molecule has 8 heteroatoms. The summed E-state index contributed by atoms with van der Waals surface area (Å²) in [5.74, 6) is -0.636. The molecule has 0 aliphatic carbocycles. The van der Waals surface area contributed by atoms with Crippen LogP contribution in [0, 0.1) is 6.92 Å². The molecule has 2 heterocycles. The van der Waals surface area contributed by atoms with Crippen molar-refractivity contribution in [2.24, 2.45) is 0 Å². The Morgan fingerprint density at radius 2 is 1.38 bits per heavy atom. The molecule has 1 fully saturated rings. The van der Waals surface area contributed by atoms with Gasteiger partial charge in [0.05, 0.1) is 12.3 Å². The van der Waals surface area contributed by atoms with Crippen molar-refractivity contribution in [2.75, 3.05) is 32.8 Å². The molecule has 0 bridgehead atoms. The molecule has 0 spiro atoms. The van der Waals surface area contributed by atoms with Crippen LogP contribution in [-0.2, 0) is 21.3 Å². The van der Waals surface area contributed by atoms with E-state index in [1.165, 1.54) is 9.87 Å². The number of rotatable bonds is 8. The molecule has 0 saturated carbocycles. The van der Waals surface area contributed by atoms with Gasteiger partial charge in [0.1, 0.15) is 10.5 Å². The molecule has 3 aromatic carbocycles. The Hall–Kier alpha value is -3.72. The predicted octanol–water partition coefficient (Wildman–Crippen LogP) is 5.14. The molecule has 1 aliphatic rings. The van der Waals surface area contributed by atoms with Gasteiger partial charge in [0, 0.05) is 44.1 Å².